The van der Waals surface area contributed by atoms with Gasteiger partial charge >= 0.3 is 0 Å². The number of rotatable bonds is 1. The van der Waals surface area contributed by atoms with Crippen LogP contribution in [0.1, 0.15) is 49.8 Å². The van der Waals surface area contributed by atoms with Gasteiger partial charge in [-0.1, -0.05) is 0 Å². The van der Waals surface area contributed by atoms with Gasteiger partial charge in [0.15, 0.2) is 0 Å². The molecule has 1 spiro atoms. The Labute approximate surface area is 125 Å². The van der Waals surface area contributed by atoms with Crippen molar-refractivity contribution in [1.82, 2.24) is 0 Å². The third kappa shape index (κ3) is 2.24. The summed E-state index contributed by atoms with van der Waals surface area (Å²) in [6.45, 7) is 2.31. The second kappa shape index (κ2) is 5.11. The molecule has 0 bridgehead atoms. The van der Waals surface area contributed by atoms with Gasteiger partial charge < -0.3 is 19.0 Å². The molecule has 116 valence electrons. The molecule has 0 saturated carbocycles. The van der Waals surface area contributed by atoms with Crippen LogP contribution in [0.4, 0.5) is 0 Å². The van der Waals surface area contributed by atoms with E-state index in [9.17, 15) is 5.11 Å². The first-order chi connectivity index (χ1) is 10.2. The van der Waals surface area contributed by atoms with Crippen molar-refractivity contribution in [3.05, 3.63) is 23.7 Å². The van der Waals surface area contributed by atoms with Crippen molar-refractivity contribution >= 4 is 0 Å². The summed E-state index contributed by atoms with van der Waals surface area (Å²) in [5.41, 5.74) is 0.233. The maximum absolute atomic E-state index is 11.4. The van der Waals surface area contributed by atoms with E-state index in [0.29, 0.717) is 0 Å². The van der Waals surface area contributed by atoms with Crippen molar-refractivity contribution in [2.24, 2.45) is 5.92 Å². The van der Waals surface area contributed by atoms with Gasteiger partial charge in [-0.05, 0) is 50.5 Å². The Hall–Kier alpha value is -0.840. The topological polar surface area (TPSA) is 51.8 Å². The highest BCUT2D eigenvalue weighted by atomic mass is 16.5. The largest absolute Gasteiger partial charge is 0.469 e. The lowest BCUT2D eigenvalue weighted by Gasteiger charge is -2.49. The summed E-state index contributed by atoms with van der Waals surface area (Å²) in [4.78, 5) is 0. The van der Waals surface area contributed by atoms with E-state index in [2.05, 4.69) is 0 Å². The lowest BCUT2D eigenvalue weighted by Crippen LogP contribution is -2.50. The molecular formula is C17H24O4. The number of ether oxygens (including phenoxy) is 2. The van der Waals surface area contributed by atoms with Gasteiger partial charge in [0.25, 0.3) is 0 Å². The first-order valence-electron chi connectivity index (χ1n) is 8.23. The van der Waals surface area contributed by atoms with E-state index in [1.54, 1.807) is 6.26 Å². The number of hydrogen-bond donors (Lipinski definition) is 1. The highest BCUT2D eigenvalue weighted by Crippen LogP contribution is 2.49. The SMILES string of the molecule is OC1(C2CCOC3(CCOCC3)C2)CCCc2occc21. The first-order valence-corrected chi connectivity index (χ1v) is 8.23. The van der Waals surface area contributed by atoms with Crippen LogP contribution in [0, 0.1) is 5.92 Å². The smallest absolute Gasteiger partial charge is 0.109 e. The molecule has 1 aromatic heterocycles. The van der Waals surface area contributed by atoms with Gasteiger partial charge in [-0.15, -0.1) is 0 Å². The predicted molar refractivity (Wildman–Crippen MR) is 77.0 cm³/mol. The molecule has 1 aromatic rings. The molecule has 0 aromatic carbocycles. The molecule has 2 unspecified atom stereocenters. The van der Waals surface area contributed by atoms with Crippen LogP contribution < -0.4 is 0 Å². The lowest BCUT2D eigenvalue weighted by molar-refractivity contribution is -0.180. The summed E-state index contributed by atoms with van der Waals surface area (Å²) >= 11 is 0. The molecule has 0 amide bonds. The molecule has 2 atom stereocenters. The second-order valence-corrected chi connectivity index (χ2v) is 6.87. The molecule has 2 saturated heterocycles. The Balaban J connectivity index is 1.61. The van der Waals surface area contributed by atoms with E-state index in [0.717, 1.165) is 76.1 Å². The Kier molecular flexibility index (Phi) is 3.36. The van der Waals surface area contributed by atoms with Crippen LogP contribution in [0.5, 0.6) is 0 Å². The monoisotopic (exact) mass is 292 g/mol. The lowest BCUT2D eigenvalue weighted by atomic mass is 9.67. The van der Waals surface area contributed by atoms with Crippen LogP contribution in [-0.2, 0) is 21.5 Å². The summed E-state index contributed by atoms with van der Waals surface area (Å²) in [7, 11) is 0. The third-order valence-electron chi connectivity index (χ3n) is 5.75. The highest BCUT2D eigenvalue weighted by molar-refractivity contribution is 5.29. The molecule has 4 nitrogen and oxygen atoms in total. The maximum atomic E-state index is 11.4. The molecular weight excluding hydrogens is 268 g/mol. The number of aliphatic hydroxyl groups is 1. The van der Waals surface area contributed by atoms with Gasteiger partial charge in [0.05, 0.1) is 17.5 Å². The average Bonchev–Trinajstić information content (AvgIpc) is 2.98. The second-order valence-electron chi connectivity index (χ2n) is 6.87. The minimum Gasteiger partial charge on any atom is -0.469 e. The van der Waals surface area contributed by atoms with Gasteiger partial charge in [-0.3, -0.25) is 0 Å². The highest BCUT2D eigenvalue weighted by Gasteiger charge is 2.49. The van der Waals surface area contributed by atoms with Crippen molar-refractivity contribution in [3.63, 3.8) is 0 Å². The normalized spacial score (nSPS) is 35.6. The summed E-state index contributed by atoms with van der Waals surface area (Å²) in [5, 5.41) is 11.4. The molecule has 21 heavy (non-hydrogen) atoms. The molecule has 2 aliphatic heterocycles. The standard InChI is InChI=1S/C17H24O4/c18-17(5-1-2-15-14(17)4-8-20-15)13-3-9-21-16(12-13)6-10-19-11-7-16/h4,8,13,18H,1-3,5-7,9-12H2. The third-order valence-corrected chi connectivity index (χ3v) is 5.75. The van der Waals surface area contributed by atoms with Crippen molar-refractivity contribution in [1.29, 1.82) is 0 Å². The minimum absolute atomic E-state index is 0.0712. The van der Waals surface area contributed by atoms with E-state index >= 15 is 0 Å². The summed E-state index contributed by atoms with van der Waals surface area (Å²) < 4.78 is 17.2. The number of furan rings is 1. The van der Waals surface area contributed by atoms with Gasteiger partial charge in [-0.2, -0.15) is 0 Å². The zero-order chi connectivity index (χ0) is 14.3. The van der Waals surface area contributed by atoms with Crippen LogP contribution in [0.2, 0.25) is 0 Å². The Morgan fingerprint density at radius 1 is 1.14 bits per heavy atom. The van der Waals surface area contributed by atoms with E-state index in [4.69, 9.17) is 13.9 Å². The summed E-state index contributed by atoms with van der Waals surface area (Å²) in [6, 6.07) is 1.97. The molecule has 1 N–H and O–H groups in total. The quantitative estimate of drug-likeness (QED) is 0.864. The molecule has 3 heterocycles. The van der Waals surface area contributed by atoms with Gasteiger partial charge in [0.2, 0.25) is 0 Å². The van der Waals surface area contributed by atoms with Gasteiger partial charge in [-0.25, -0.2) is 0 Å². The van der Waals surface area contributed by atoms with Crippen LogP contribution in [0.3, 0.4) is 0 Å². The molecule has 4 rings (SSSR count). The molecule has 2 fully saturated rings. The van der Waals surface area contributed by atoms with Crippen LogP contribution >= 0.6 is 0 Å². The fraction of sp³-hybridized carbons (Fsp3) is 0.765. The minimum atomic E-state index is -0.727. The van der Waals surface area contributed by atoms with Crippen molar-refractivity contribution in [2.45, 2.75) is 56.1 Å². The van der Waals surface area contributed by atoms with Crippen molar-refractivity contribution in [2.75, 3.05) is 19.8 Å². The summed E-state index contributed by atoms with van der Waals surface area (Å²) in [6.07, 6.45) is 8.31. The van der Waals surface area contributed by atoms with E-state index in [-0.39, 0.29) is 11.5 Å². The van der Waals surface area contributed by atoms with E-state index < -0.39 is 5.60 Å². The number of aryl methyl sites for hydroxylation is 1. The average molecular weight is 292 g/mol. The first kappa shape index (κ1) is 13.8. The molecule has 4 heteroatoms. The van der Waals surface area contributed by atoms with Gasteiger partial charge in [0, 0.05) is 31.8 Å². The zero-order valence-electron chi connectivity index (χ0n) is 12.5. The maximum Gasteiger partial charge on any atom is 0.109 e. The van der Waals surface area contributed by atoms with E-state index in [1.165, 1.54) is 0 Å². The molecule has 0 radical (unpaired) electrons. The van der Waals surface area contributed by atoms with Crippen LogP contribution in [0.25, 0.3) is 0 Å². The fourth-order valence-corrected chi connectivity index (χ4v) is 4.52. The fourth-order valence-electron chi connectivity index (χ4n) is 4.52. The Bertz CT molecular complexity index is 497. The number of fused-ring (bicyclic) bond motifs is 1. The van der Waals surface area contributed by atoms with Crippen LogP contribution in [0.15, 0.2) is 16.7 Å². The van der Waals surface area contributed by atoms with Crippen molar-refractivity contribution < 1.29 is 19.0 Å². The summed E-state index contributed by atoms with van der Waals surface area (Å²) in [5.74, 6) is 1.25. The molecule has 1 aliphatic carbocycles. The predicted octanol–water partition coefficient (Wildman–Crippen LogP) is 2.78. The Morgan fingerprint density at radius 3 is 2.86 bits per heavy atom. The zero-order valence-corrected chi connectivity index (χ0v) is 12.5. The molecule has 3 aliphatic rings. The van der Waals surface area contributed by atoms with E-state index in [1.807, 2.05) is 6.07 Å². The van der Waals surface area contributed by atoms with Crippen molar-refractivity contribution in [3.8, 4) is 0 Å². The Morgan fingerprint density at radius 2 is 2.00 bits per heavy atom. The van der Waals surface area contributed by atoms with Gasteiger partial charge in [0.1, 0.15) is 5.76 Å². The number of hydrogen-bond acceptors (Lipinski definition) is 4. The van der Waals surface area contributed by atoms with Crippen LogP contribution in [-0.4, -0.2) is 30.5 Å².